The van der Waals surface area contributed by atoms with Crippen LogP contribution in [0.4, 0.5) is 5.13 Å². The molecule has 2 aliphatic rings. The predicted molar refractivity (Wildman–Crippen MR) is 155 cm³/mol. The summed E-state index contributed by atoms with van der Waals surface area (Å²) in [5, 5.41) is 12.0. The molecule has 1 amide bonds. The van der Waals surface area contributed by atoms with Crippen molar-refractivity contribution in [2.75, 3.05) is 4.90 Å². The molecule has 0 bridgehead atoms. The highest BCUT2D eigenvalue weighted by molar-refractivity contribution is 7.22. The minimum absolute atomic E-state index is 0.0496. The number of carbonyl (C=O) groups is 2. The minimum Gasteiger partial charge on any atom is -0.507 e. The first-order valence-corrected chi connectivity index (χ1v) is 14.0. The molecule has 6 nitrogen and oxygen atoms in total. The fourth-order valence-corrected chi connectivity index (χ4v) is 6.76. The number of aliphatic hydroxyl groups is 1. The second kappa shape index (κ2) is 9.35. The average Bonchev–Trinajstić information content (AvgIpc) is 3.56. The van der Waals surface area contributed by atoms with Gasteiger partial charge in [0.25, 0.3) is 5.78 Å². The number of fused-ring (bicyclic) bond motifs is 2. The molecule has 1 aromatic heterocycles. The number of thiazole rings is 1. The normalized spacial score (nSPS) is 20.2. The van der Waals surface area contributed by atoms with Crippen LogP contribution in [-0.4, -0.2) is 27.9 Å². The molecular formula is C32H30N2O4S. The summed E-state index contributed by atoms with van der Waals surface area (Å²) in [6.07, 6.45) is 0.767. The third-order valence-electron chi connectivity index (χ3n) is 7.56. The number of benzene rings is 3. The first-order chi connectivity index (χ1) is 18.6. The molecule has 1 N–H and O–H groups in total. The molecule has 0 saturated carbocycles. The van der Waals surface area contributed by atoms with Gasteiger partial charge in [-0.2, -0.15) is 0 Å². The second-order valence-corrected chi connectivity index (χ2v) is 11.9. The molecule has 3 heterocycles. The molecule has 1 fully saturated rings. The van der Waals surface area contributed by atoms with Crippen molar-refractivity contribution in [1.82, 2.24) is 4.98 Å². The number of aliphatic hydroxyl groups excluding tert-OH is 1. The Kier molecular flexibility index (Phi) is 6.07. The summed E-state index contributed by atoms with van der Waals surface area (Å²) in [6.45, 7) is 10.2. The number of amides is 1. The van der Waals surface area contributed by atoms with Crippen LogP contribution in [0.25, 0.3) is 16.0 Å². The van der Waals surface area contributed by atoms with Crippen LogP contribution in [0, 0.1) is 13.8 Å². The van der Waals surface area contributed by atoms with Gasteiger partial charge in [-0.3, -0.25) is 14.5 Å². The van der Waals surface area contributed by atoms with Crippen LogP contribution in [0.2, 0.25) is 0 Å². The Morgan fingerprint density at radius 1 is 1.08 bits per heavy atom. The van der Waals surface area contributed by atoms with Gasteiger partial charge in [0.2, 0.25) is 0 Å². The topological polar surface area (TPSA) is 79.7 Å². The van der Waals surface area contributed by atoms with E-state index in [-0.39, 0.29) is 17.4 Å². The van der Waals surface area contributed by atoms with E-state index >= 15 is 0 Å². The highest BCUT2D eigenvalue weighted by Gasteiger charge is 2.48. The number of hydrogen-bond acceptors (Lipinski definition) is 6. The van der Waals surface area contributed by atoms with Crippen molar-refractivity contribution in [3.63, 3.8) is 0 Å². The van der Waals surface area contributed by atoms with Gasteiger partial charge in [-0.05, 0) is 78.8 Å². The summed E-state index contributed by atoms with van der Waals surface area (Å²) in [4.78, 5) is 33.5. The molecule has 0 aliphatic carbocycles. The van der Waals surface area contributed by atoms with Crippen molar-refractivity contribution < 1.29 is 19.4 Å². The smallest absolute Gasteiger partial charge is 0.301 e. The summed E-state index contributed by atoms with van der Waals surface area (Å²) in [5.41, 5.74) is 6.34. The predicted octanol–water partition coefficient (Wildman–Crippen LogP) is 6.99. The molecule has 2 aliphatic heterocycles. The zero-order valence-electron chi connectivity index (χ0n) is 22.6. The Balaban J connectivity index is 1.54. The Labute approximate surface area is 231 Å². The van der Waals surface area contributed by atoms with Crippen molar-refractivity contribution in [1.29, 1.82) is 0 Å². The van der Waals surface area contributed by atoms with Crippen LogP contribution in [-0.2, 0) is 16.0 Å². The van der Waals surface area contributed by atoms with Crippen LogP contribution in [0.3, 0.4) is 0 Å². The highest BCUT2D eigenvalue weighted by Crippen LogP contribution is 2.45. The molecule has 2 unspecified atom stereocenters. The molecule has 7 heteroatoms. The van der Waals surface area contributed by atoms with E-state index < -0.39 is 17.7 Å². The van der Waals surface area contributed by atoms with Crippen molar-refractivity contribution in [2.45, 2.75) is 59.1 Å². The van der Waals surface area contributed by atoms with Gasteiger partial charge >= 0.3 is 5.91 Å². The van der Waals surface area contributed by atoms with Crippen molar-refractivity contribution in [2.24, 2.45) is 0 Å². The number of carbonyl (C=O) groups excluding carboxylic acids is 2. The van der Waals surface area contributed by atoms with Gasteiger partial charge in [0.15, 0.2) is 5.13 Å². The minimum atomic E-state index is -0.809. The second-order valence-electron chi connectivity index (χ2n) is 10.9. The monoisotopic (exact) mass is 538 g/mol. The number of ketones is 1. The van der Waals surface area contributed by atoms with Crippen LogP contribution in [0.15, 0.2) is 60.2 Å². The van der Waals surface area contributed by atoms with Crippen LogP contribution in [0.5, 0.6) is 5.75 Å². The first-order valence-electron chi connectivity index (χ1n) is 13.2. The molecule has 2 atom stereocenters. The van der Waals surface area contributed by atoms with E-state index in [2.05, 4.69) is 19.9 Å². The summed E-state index contributed by atoms with van der Waals surface area (Å²) in [5.74, 6) is -0.495. The zero-order valence-corrected chi connectivity index (χ0v) is 23.4. The lowest BCUT2D eigenvalue weighted by Gasteiger charge is -2.23. The number of aromatic nitrogens is 1. The average molecular weight is 539 g/mol. The Morgan fingerprint density at radius 3 is 2.54 bits per heavy atom. The third-order valence-corrected chi connectivity index (χ3v) is 8.56. The molecule has 0 spiro atoms. The standard InChI is InChI=1S/C32H30N2O4S/c1-16(2)20-6-8-21(9-7-20)28-26(29(35)22-10-11-24-23(15-22)14-19(5)38-24)30(36)31(37)34(28)32-33-27-18(4)12-17(3)13-25(27)39-32/h6-13,15-16,19,28,35H,14H2,1-5H3. The molecule has 39 heavy (non-hydrogen) atoms. The molecule has 1 saturated heterocycles. The summed E-state index contributed by atoms with van der Waals surface area (Å²) in [6, 6.07) is 16.6. The maximum absolute atomic E-state index is 13.6. The van der Waals surface area contributed by atoms with Crippen molar-refractivity contribution >= 4 is 44.1 Å². The quantitative estimate of drug-likeness (QED) is 0.172. The number of ether oxygens (including phenoxy) is 1. The van der Waals surface area contributed by atoms with E-state index in [1.807, 2.05) is 63.2 Å². The van der Waals surface area contributed by atoms with Gasteiger partial charge in [-0.15, -0.1) is 0 Å². The van der Waals surface area contributed by atoms with E-state index in [1.165, 1.54) is 16.2 Å². The lowest BCUT2D eigenvalue weighted by Crippen LogP contribution is -2.29. The zero-order chi connectivity index (χ0) is 27.6. The van der Waals surface area contributed by atoms with Gasteiger partial charge in [0.05, 0.1) is 21.8 Å². The molecular weight excluding hydrogens is 508 g/mol. The van der Waals surface area contributed by atoms with Crippen LogP contribution < -0.4 is 9.64 Å². The largest absolute Gasteiger partial charge is 0.507 e. The summed E-state index contributed by atoms with van der Waals surface area (Å²) < 4.78 is 6.76. The highest BCUT2D eigenvalue weighted by atomic mass is 32.1. The molecule has 198 valence electrons. The molecule has 4 aromatic rings. The maximum atomic E-state index is 13.6. The lowest BCUT2D eigenvalue weighted by molar-refractivity contribution is -0.132. The number of hydrogen-bond donors (Lipinski definition) is 1. The maximum Gasteiger partial charge on any atom is 0.301 e. The van der Waals surface area contributed by atoms with E-state index in [0.717, 1.165) is 50.2 Å². The number of anilines is 1. The summed E-state index contributed by atoms with van der Waals surface area (Å²) in [7, 11) is 0. The van der Waals surface area contributed by atoms with E-state index in [4.69, 9.17) is 9.72 Å². The Hall–Kier alpha value is -3.97. The van der Waals surface area contributed by atoms with Crippen molar-refractivity contribution in [3.05, 3.63) is 93.6 Å². The van der Waals surface area contributed by atoms with Crippen LogP contribution >= 0.6 is 11.3 Å². The van der Waals surface area contributed by atoms with Gasteiger partial charge in [0.1, 0.15) is 17.6 Å². The van der Waals surface area contributed by atoms with Gasteiger partial charge in [0, 0.05) is 12.0 Å². The molecule has 0 radical (unpaired) electrons. The summed E-state index contributed by atoms with van der Waals surface area (Å²) >= 11 is 1.38. The van der Waals surface area contributed by atoms with E-state index in [1.54, 1.807) is 6.07 Å². The third kappa shape index (κ3) is 4.21. The molecule has 6 rings (SSSR count). The number of rotatable bonds is 4. The fraction of sp³-hybridized carbons (Fsp3) is 0.281. The Morgan fingerprint density at radius 2 is 1.82 bits per heavy atom. The first kappa shape index (κ1) is 25.3. The van der Waals surface area contributed by atoms with Gasteiger partial charge in [-0.1, -0.05) is 55.5 Å². The van der Waals surface area contributed by atoms with E-state index in [9.17, 15) is 14.7 Å². The van der Waals surface area contributed by atoms with Crippen LogP contribution in [0.1, 0.15) is 66.1 Å². The van der Waals surface area contributed by atoms with Crippen molar-refractivity contribution in [3.8, 4) is 5.75 Å². The SMILES string of the molecule is Cc1cc(C)c2nc(N3C(=O)C(=O)C(=C(O)c4ccc5c(c4)CC(C)O5)C3c3ccc(C(C)C)cc3)sc2c1. The number of aryl methyl sites for hydroxylation is 2. The number of nitrogens with zero attached hydrogens (tertiary/aromatic N) is 2. The lowest BCUT2D eigenvalue weighted by atomic mass is 9.93. The van der Waals surface area contributed by atoms with Gasteiger partial charge < -0.3 is 9.84 Å². The Bertz CT molecular complexity index is 1680. The fourth-order valence-electron chi connectivity index (χ4n) is 5.60. The number of Topliss-reactive ketones (excluding diaryl/α,β-unsaturated/α-hetero) is 1. The molecule has 3 aromatic carbocycles. The van der Waals surface area contributed by atoms with E-state index in [0.29, 0.717) is 16.6 Å². The van der Waals surface area contributed by atoms with Gasteiger partial charge in [-0.25, -0.2) is 4.98 Å².